The van der Waals surface area contributed by atoms with Gasteiger partial charge < -0.3 is 15.1 Å². The number of likely N-dealkylation sites (N-methyl/N-ethyl adjacent to an activating group) is 1. The maximum absolute atomic E-state index is 11.7. The highest BCUT2D eigenvalue weighted by Crippen LogP contribution is 2.18. The first-order chi connectivity index (χ1) is 9.22. The summed E-state index contributed by atoms with van der Waals surface area (Å²) in [5, 5.41) is 4.67. The van der Waals surface area contributed by atoms with Gasteiger partial charge in [0.15, 0.2) is 17.8 Å². The molecule has 2 aromatic rings. The van der Waals surface area contributed by atoms with Gasteiger partial charge in [0.05, 0.1) is 6.26 Å². The van der Waals surface area contributed by atoms with Crippen molar-refractivity contribution in [1.82, 2.24) is 5.32 Å². The number of carbonyl (C=O) groups is 1. The van der Waals surface area contributed by atoms with E-state index < -0.39 is 0 Å². The second-order valence-electron chi connectivity index (χ2n) is 4.50. The second-order valence-corrected chi connectivity index (χ2v) is 4.50. The van der Waals surface area contributed by atoms with Gasteiger partial charge in [-0.05, 0) is 19.1 Å². The van der Waals surface area contributed by atoms with E-state index in [4.69, 9.17) is 4.42 Å². The van der Waals surface area contributed by atoms with Crippen LogP contribution in [0.25, 0.3) is 0 Å². The van der Waals surface area contributed by atoms with Crippen molar-refractivity contribution in [2.24, 2.45) is 0 Å². The summed E-state index contributed by atoms with van der Waals surface area (Å²) in [5.41, 5.74) is 1.12. The Hall–Kier alpha value is -2.07. The molecule has 100 valence electrons. The Kier molecular flexibility index (Phi) is 4.36. The van der Waals surface area contributed by atoms with Gasteiger partial charge in [-0.3, -0.25) is 4.79 Å². The van der Waals surface area contributed by atoms with Crippen molar-refractivity contribution >= 4 is 5.91 Å². The predicted octanol–water partition coefficient (Wildman–Crippen LogP) is 1.07. The zero-order chi connectivity index (χ0) is 13.7. The zero-order valence-electron chi connectivity index (χ0n) is 11.2. The molecule has 0 bridgehead atoms. The molecule has 0 spiro atoms. The summed E-state index contributed by atoms with van der Waals surface area (Å²) in [4.78, 5) is 11.7. The number of carbonyl (C=O) groups excluding carboxylic acids is 1. The molecule has 0 saturated carbocycles. The number of quaternary nitrogens is 1. The van der Waals surface area contributed by atoms with Gasteiger partial charge in [0.25, 0.3) is 5.91 Å². The number of nitrogens with one attached hydrogen (secondary N) is 1. The first kappa shape index (κ1) is 13.4. The van der Waals surface area contributed by atoms with Crippen LogP contribution >= 0.6 is 0 Å². The SMILES string of the molecule is CNC(=O)[C@@H](C)[NH2+][C@@H](c1ccccc1)c1ccco1. The van der Waals surface area contributed by atoms with E-state index in [0.29, 0.717) is 0 Å². The van der Waals surface area contributed by atoms with Gasteiger partial charge in [0.2, 0.25) is 0 Å². The van der Waals surface area contributed by atoms with Crippen LogP contribution in [0.15, 0.2) is 53.1 Å². The highest BCUT2D eigenvalue weighted by atomic mass is 16.3. The largest absolute Gasteiger partial charge is 0.463 e. The van der Waals surface area contributed by atoms with E-state index in [9.17, 15) is 4.79 Å². The van der Waals surface area contributed by atoms with Crippen LogP contribution in [0, 0.1) is 0 Å². The lowest BCUT2D eigenvalue weighted by Crippen LogP contribution is -2.92. The van der Waals surface area contributed by atoms with E-state index in [0.717, 1.165) is 11.3 Å². The third-order valence-corrected chi connectivity index (χ3v) is 3.15. The molecule has 4 nitrogen and oxygen atoms in total. The van der Waals surface area contributed by atoms with E-state index >= 15 is 0 Å². The Balaban J connectivity index is 2.24. The third-order valence-electron chi connectivity index (χ3n) is 3.15. The van der Waals surface area contributed by atoms with Gasteiger partial charge in [-0.1, -0.05) is 30.3 Å². The van der Waals surface area contributed by atoms with Crippen LogP contribution in [0.2, 0.25) is 0 Å². The lowest BCUT2D eigenvalue weighted by molar-refractivity contribution is -0.706. The standard InChI is InChI=1S/C15H18N2O2/c1-11(15(18)16-2)17-14(13-9-6-10-19-13)12-7-4-3-5-8-12/h3-11,14,17H,1-2H3,(H,16,18)/p+1/t11-,14+/m1/s1. The average molecular weight is 259 g/mol. The lowest BCUT2D eigenvalue weighted by atomic mass is 10.0. The first-order valence-corrected chi connectivity index (χ1v) is 6.37. The van der Waals surface area contributed by atoms with E-state index in [1.807, 2.05) is 54.7 Å². The second kappa shape index (κ2) is 6.20. The minimum absolute atomic E-state index is 0.00693. The van der Waals surface area contributed by atoms with E-state index in [2.05, 4.69) is 5.32 Å². The summed E-state index contributed by atoms with van der Waals surface area (Å²) >= 11 is 0. The van der Waals surface area contributed by atoms with Crippen LogP contribution in [0.4, 0.5) is 0 Å². The van der Waals surface area contributed by atoms with Gasteiger partial charge >= 0.3 is 0 Å². The van der Waals surface area contributed by atoms with Crippen LogP contribution in [-0.4, -0.2) is 19.0 Å². The molecular formula is C15H19N2O2+. The Labute approximate surface area is 112 Å². The monoisotopic (exact) mass is 259 g/mol. The lowest BCUT2D eigenvalue weighted by Gasteiger charge is -2.17. The van der Waals surface area contributed by atoms with E-state index in [-0.39, 0.29) is 18.0 Å². The normalized spacial score (nSPS) is 13.8. The molecule has 2 rings (SSSR count). The molecule has 0 fully saturated rings. The van der Waals surface area contributed by atoms with Crippen LogP contribution in [0.5, 0.6) is 0 Å². The Bertz CT molecular complexity index is 508. The molecule has 1 amide bonds. The Morgan fingerprint density at radius 1 is 1.21 bits per heavy atom. The van der Waals surface area contributed by atoms with Gasteiger partial charge in [-0.2, -0.15) is 0 Å². The van der Waals surface area contributed by atoms with Crippen molar-refractivity contribution in [1.29, 1.82) is 0 Å². The molecule has 0 radical (unpaired) electrons. The molecule has 0 saturated heterocycles. The summed E-state index contributed by atoms with van der Waals surface area (Å²) in [7, 11) is 1.65. The van der Waals surface area contributed by atoms with Gasteiger partial charge in [-0.25, -0.2) is 0 Å². The number of nitrogens with two attached hydrogens (primary N) is 1. The van der Waals surface area contributed by atoms with E-state index in [1.165, 1.54) is 0 Å². The maximum atomic E-state index is 11.7. The molecule has 0 aliphatic carbocycles. The predicted molar refractivity (Wildman–Crippen MR) is 72.4 cm³/mol. The minimum Gasteiger partial charge on any atom is -0.463 e. The number of rotatable bonds is 5. The highest BCUT2D eigenvalue weighted by Gasteiger charge is 2.25. The van der Waals surface area contributed by atoms with Crippen molar-refractivity contribution in [3.05, 3.63) is 60.1 Å². The molecule has 4 heteroatoms. The number of benzene rings is 1. The summed E-state index contributed by atoms with van der Waals surface area (Å²) in [6.45, 7) is 1.89. The quantitative estimate of drug-likeness (QED) is 0.843. The smallest absolute Gasteiger partial charge is 0.277 e. The third kappa shape index (κ3) is 3.23. The van der Waals surface area contributed by atoms with E-state index in [1.54, 1.807) is 13.3 Å². The average Bonchev–Trinajstić information content (AvgIpc) is 2.98. The number of amides is 1. The topological polar surface area (TPSA) is 58.9 Å². The number of furan rings is 1. The fourth-order valence-corrected chi connectivity index (χ4v) is 2.10. The molecular weight excluding hydrogens is 240 g/mol. The summed E-state index contributed by atoms with van der Waals surface area (Å²) in [6.07, 6.45) is 1.66. The van der Waals surface area contributed by atoms with Crippen LogP contribution in [0.1, 0.15) is 24.3 Å². The number of hydrogen-bond donors (Lipinski definition) is 2. The fourth-order valence-electron chi connectivity index (χ4n) is 2.10. The highest BCUT2D eigenvalue weighted by molar-refractivity contribution is 5.79. The molecule has 1 aromatic heterocycles. The first-order valence-electron chi connectivity index (χ1n) is 6.37. The summed E-state index contributed by atoms with van der Waals surface area (Å²) in [5.74, 6) is 0.856. The molecule has 1 heterocycles. The summed E-state index contributed by atoms with van der Waals surface area (Å²) in [6, 6.07) is 13.6. The van der Waals surface area contributed by atoms with Crippen molar-refractivity contribution in [3.8, 4) is 0 Å². The van der Waals surface area contributed by atoms with Crippen molar-refractivity contribution in [2.75, 3.05) is 7.05 Å². The van der Waals surface area contributed by atoms with Crippen molar-refractivity contribution in [2.45, 2.75) is 19.0 Å². The molecule has 0 aliphatic heterocycles. The molecule has 2 atom stereocenters. The van der Waals surface area contributed by atoms with Crippen LogP contribution < -0.4 is 10.6 Å². The number of hydrogen-bond acceptors (Lipinski definition) is 2. The molecule has 0 unspecified atom stereocenters. The van der Waals surface area contributed by atoms with Gasteiger partial charge in [-0.15, -0.1) is 0 Å². The summed E-state index contributed by atoms with van der Waals surface area (Å²) < 4.78 is 5.50. The van der Waals surface area contributed by atoms with Crippen LogP contribution in [0.3, 0.4) is 0 Å². The van der Waals surface area contributed by atoms with Crippen LogP contribution in [-0.2, 0) is 4.79 Å². The van der Waals surface area contributed by atoms with Crippen molar-refractivity contribution < 1.29 is 14.5 Å². The zero-order valence-corrected chi connectivity index (χ0v) is 11.2. The molecule has 1 aromatic carbocycles. The Morgan fingerprint density at radius 2 is 1.95 bits per heavy atom. The van der Waals surface area contributed by atoms with Gasteiger partial charge in [0.1, 0.15) is 0 Å². The Morgan fingerprint density at radius 3 is 2.53 bits per heavy atom. The fraction of sp³-hybridized carbons (Fsp3) is 0.267. The molecule has 19 heavy (non-hydrogen) atoms. The molecule has 3 N–H and O–H groups in total. The van der Waals surface area contributed by atoms with Gasteiger partial charge in [0, 0.05) is 12.6 Å². The minimum atomic E-state index is -0.180. The maximum Gasteiger partial charge on any atom is 0.277 e. The van der Waals surface area contributed by atoms with Crippen molar-refractivity contribution in [3.63, 3.8) is 0 Å². The molecule has 0 aliphatic rings.